The minimum atomic E-state index is -0.277. The Bertz CT molecular complexity index is 880. The Kier molecular flexibility index (Phi) is 6.31. The van der Waals surface area contributed by atoms with Crippen LogP contribution in [0.1, 0.15) is 34.5 Å². The third-order valence-electron chi connectivity index (χ3n) is 4.08. The summed E-state index contributed by atoms with van der Waals surface area (Å²) >= 11 is 0. The number of rotatable bonds is 8. The molecule has 1 aliphatic rings. The highest BCUT2D eigenvalue weighted by Crippen LogP contribution is 2.30. The molecule has 7 nitrogen and oxygen atoms in total. The number of amides is 2. The predicted molar refractivity (Wildman–Crippen MR) is 101 cm³/mol. The van der Waals surface area contributed by atoms with Gasteiger partial charge in [-0.2, -0.15) is 0 Å². The number of aryl methyl sites for hydroxylation is 1. The molecule has 0 radical (unpaired) electrons. The Balaban J connectivity index is 1.56. The maximum absolute atomic E-state index is 12.5. The molecule has 1 saturated carbocycles. The molecule has 0 aliphatic heterocycles. The van der Waals surface area contributed by atoms with E-state index in [0.717, 1.165) is 18.4 Å². The van der Waals surface area contributed by atoms with E-state index in [1.807, 2.05) is 0 Å². The molecule has 0 atom stereocenters. The molecule has 0 saturated heterocycles. The number of anilines is 1. The Morgan fingerprint density at radius 3 is 2.82 bits per heavy atom. The Morgan fingerprint density at radius 1 is 1.32 bits per heavy atom. The fourth-order valence-corrected chi connectivity index (χ4v) is 2.49. The van der Waals surface area contributed by atoms with E-state index in [0.29, 0.717) is 29.3 Å². The Hall–Kier alpha value is -3.29. The third kappa shape index (κ3) is 5.60. The lowest BCUT2D eigenvalue weighted by Crippen LogP contribution is -2.23. The standard InChI is InChI=1S/C20H21FN4O3/c1-13-9-16(10-17(24-13)25-20(27)15-4-5-15)19(26)23-12-14-3-6-18(22-11-14)28-8-2-7-21/h2-3,6-7,9-11,15H,4-5,8,12H2,1H3,(H,23,26)(H,24,25,27). The van der Waals surface area contributed by atoms with Gasteiger partial charge in [0.15, 0.2) is 0 Å². The number of aromatic nitrogens is 2. The molecular weight excluding hydrogens is 363 g/mol. The summed E-state index contributed by atoms with van der Waals surface area (Å²) in [6.45, 7) is 2.15. The van der Waals surface area contributed by atoms with E-state index in [2.05, 4.69) is 20.6 Å². The molecule has 28 heavy (non-hydrogen) atoms. The summed E-state index contributed by atoms with van der Waals surface area (Å²) in [5, 5.41) is 5.57. The summed E-state index contributed by atoms with van der Waals surface area (Å²) in [4.78, 5) is 32.7. The van der Waals surface area contributed by atoms with Crippen LogP contribution in [-0.2, 0) is 11.3 Å². The van der Waals surface area contributed by atoms with E-state index in [9.17, 15) is 14.0 Å². The van der Waals surface area contributed by atoms with Crippen molar-refractivity contribution in [3.63, 3.8) is 0 Å². The zero-order chi connectivity index (χ0) is 19.9. The first-order chi connectivity index (χ1) is 13.5. The molecule has 2 amide bonds. The number of carbonyl (C=O) groups excluding carboxylic acids is 2. The molecule has 146 valence electrons. The molecular formula is C20H21FN4O3. The number of carbonyl (C=O) groups is 2. The largest absolute Gasteiger partial charge is 0.473 e. The summed E-state index contributed by atoms with van der Waals surface area (Å²) in [6, 6.07) is 6.64. The van der Waals surface area contributed by atoms with E-state index in [1.54, 1.807) is 37.4 Å². The van der Waals surface area contributed by atoms with Crippen molar-refractivity contribution in [2.24, 2.45) is 5.92 Å². The van der Waals surface area contributed by atoms with Gasteiger partial charge in [0, 0.05) is 36.0 Å². The van der Waals surface area contributed by atoms with Crippen molar-refractivity contribution < 1.29 is 18.7 Å². The van der Waals surface area contributed by atoms with Gasteiger partial charge in [-0.1, -0.05) is 6.07 Å². The second kappa shape index (κ2) is 9.07. The summed E-state index contributed by atoms with van der Waals surface area (Å²) in [6.07, 6.45) is 5.01. The average Bonchev–Trinajstić information content (AvgIpc) is 3.52. The van der Waals surface area contributed by atoms with Gasteiger partial charge < -0.3 is 15.4 Å². The van der Waals surface area contributed by atoms with Gasteiger partial charge in [-0.25, -0.2) is 14.4 Å². The number of halogens is 1. The van der Waals surface area contributed by atoms with Gasteiger partial charge in [0.25, 0.3) is 5.91 Å². The lowest BCUT2D eigenvalue weighted by molar-refractivity contribution is -0.117. The highest BCUT2D eigenvalue weighted by atomic mass is 19.1. The van der Waals surface area contributed by atoms with Crippen molar-refractivity contribution in [1.82, 2.24) is 15.3 Å². The van der Waals surface area contributed by atoms with E-state index < -0.39 is 0 Å². The summed E-state index contributed by atoms with van der Waals surface area (Å²) in [5.74, 6) is 0.481. The maximum Gasteiger partial charge on any atom is 0.251 e. The van der Waals surface area contributed by atoms with Crippen molar-refractivity contribution in [1.29, 1.82) is 0 Å². The summed E-state index contributed by atoms with van der Waals surface area (Å²) < 4.78 is 17.1. The zero-order valence-electron chi connectivity index (χ0n) is 15.4. The Labute approximate surface area is 162 Å². The normalized spacial score (nSPS) is 13.4. The van der Waals surface area contributed by atoms with Crippen LogP contribution in [0.25, 0.3) is 0 Å². The summed E-state index contributed by atoms with van der Waals surface area (Å²) in [5.41, 5.74) is 1.85. The molecule has 1 aliphatic carbocycles. The van der Waals surface area contributed by atoms with E-state index in [-0.39, 0.29) is 30.9 Å². The van der Waals surface area contributed by atoms with Crippen LogP contribution >= 0.6 is 0 Å². The SMILES string of the molecule is Cc1cc(C(=O)NCc2ccc(OCC=CF)nc2)cc(NC(=O)C2CC2)n1. The lowest BCUT2D eigenvalue weighted by Gasteiger charge is -2.09. The molecule has 0 spiro atoms. The van der Waals surface area contributed by atoms with Crippen LogP contribution in [0.15, 0.2) is 42.9 Å². The van der Waals surface area contributed by atoms with Crippen LogP contribution in [0.2, 0.25) is 0 Å². The van der Waals surface area contributed by atoms with Gasteiger partial charge in [-0.15, -0.1) is 0 Å². The molecule has 1 fully saturated rings. The van der Waals surface area contributed by atoms with Gasteiger partial charge in [0.1, 0.15) is 12.4 Å². The van der Waals surface area contributed by atoms with Crippen LogP contribution in [-0.4, -0.2) is 28.4 Å². The van der Waals surface area contributed by atoms with Crippen molar-refractivity contribution in [2.75, 3.05) is 11.9 Å². The maximum atomic E-state index is 12.5. The molecule has 3 rings (SSSR count). The Morgan fingerprint density at radius 2 is 2.14 bits per heavy atom. The number of hydrogen-bond acceptors (Lipinski definition) is 5. The monoisotopic (exact) mass is 384 g/mol. The van der Waals surface area contributed by atoms with Gasteiger partial charge in [0.2, 0.25) is 11.8 Å². The first kappa shape index (κ1) is 19.5. The number of nitrogens with one attached hydrogen (secondary N) is 2. The number of pyridine rings is 2. The lowest BCUT2D eigenvalue weighted by atomic mass is 10.2. The number of ether oxygens (including phenoxy) is 1. The van der Waals surface area contributed by atoms with Gasteiger partial charge in [-0.3, -0.25) is 9.59 Å². The number of nitrogens with zero attached hydrogens (tertiary/aromatic N) is 2. The summed E-state index contributed by atoms with van der Waals surface area (Å²) in [7, 11) is 0. The fraction of sp³-hybridized carbons (Fsp3) is 0.300. The minimum Gasteiger partial charge on any atom is -0.473 e. The van der Waals surface area contributed by atoms with Gasteiger partial charge >= 0.3 is 0 Å². The highest BCUT2D eigenvalue weighted by Gasteiger charge is 2.29. The first-order valence-electron chi connectivity index (χ1n) is 8.96. The van der Waals surface area contributed by atoms with E-state index in [4.69, 9.17) is 4.74 Å². The van der Waals surface area contributed by atoms with Gasteiger partial charge in [-0.05, 0) is 43.5 Å². The zero-order valence-corrected chi connectivity index (χ0v) is 15.4. The van der Waals surface area contributed by atoms with E-state index in [1.165, 1.54) is 6.08 Å². The van der Waals surface area contributed by atoms with Crippen LogP contribution < -0.4 is 15.4 Å². The van der Waals surface area contributed by atoms with Gasteiger partial charge in [0.05, 0.1) is 6.33 Å². The second-order valence-electron chi connectivity index (χ2n) is 6.51. The minimum absolute atomic E-state index is 0.0557. The number of hydrogen-bond donors (Lipinski definition) is 2. The van der Waals surface area contributed by atoms with Crippen molar-refractivity contribution >= 4 is 17.6 Å². The van der Waals surface area contributed by atoms with Crippen LogP contribution in [0.4, 0.5) is 10.2 Å². The molecule has 2 heterocycles. The van der Waals surface area contributed by atoms with Crippen molar-refractivity contribution in [2.45, 2.75) is 26.3 Å². The van der Waals surface area contributed by atoms with E-state index >= 15 is 0 Å². The van der Waals surface area contributed by atoms with Crippen LogP contribution in [0.5, 0.6) is 5.88 Å². The van der Waals surface area contributed by atoms with Crippen molar-refractivity contribution in [3.05, 3.63) is 59.7 Å². The average molecular weight is 384 g/mol. The molecule has 2 aromatic rings. The van der Waals surface area contributed by atoms with Crippen LogP contribution in [0, 0.1) is 12.8 Å². The van der Waals surface area contributed by atoms with Crippen molar-refractivity contribution in [3.8, 4) is 5.88 Å². The predicted octanol–water partition coefficient (Wildman–Crippen LogP) is 2.93. The molecule has 8 heteroatoms. The first-order valence-corrected chi connectivity index (χ1v) is 8.96. The molecule has 2 N–H and O–H groups in total. The molecule has 0 unspecified atom stereocenters. The second-order valence-corrected chi connectivity index (χ2v) is 6.51. The van der Waals surface area contributed by atoms with Crippen LogP contribution in [0.3, 0.4) is 0 Å². The molecule has 0 aromatic carbocycles. The topological polar surface area (TPSA) is 93.2 Å². The smallest absolute Gasteiger partial charge is 0.251 e. The molecule has 2 aromatic heterocycles. The molecule has 0 bridgehead atoms. The fourth-order valence-electron chi connectivity index (χ4n) is 2.49. The third-order valence-corrected chi connectivity index (χ3v) is 4.08. The highest BCUT2D eigenvalue weighted by molar-refractivity contribution is 5.97. The quantitative estimate of drug-likeness (QED) is 0.730.